The van der Waals surface area contributed by atoms with Gasteiger partial charge in [-0.15, -0.1) is 11.6 Å². The summed E-state index contributed by atoms with van der Waals surface area (Å²) in [6.45, 7) is 19.9. The normalized spacial score (nSPS) is 13.4. The highest BCUT2D eigenvalue weighted by Crippen LogP contribution is 2.40. The number of aromatic nitrogens is 3. The topological polar surface area (TPSA) is 64.8 Å². The maximum Gasteiger partial charge on any atom is 0.264 e. The zero-order valence-corrected chi connectivity index (χ0v) is 36.6. The molecule has 296 valence electrons. The third-order valence-corrected chi connectivity index (χ3v) is 16.3. The van der Waals surface area contributed by atoms with Gasteiger partial charge in [0.05, 0.1) is 23.1 Å². The molecule has 56 heavy (non-hydrogen) atoms. The van der Waals surface area contributed by atoms with E-state index in [1.807, 2.05) is 74.2 Å². The van der Waals surface area contributed by atoms with Gasteiger partial charge in [0, 0.05) is 67.3 Å². The summed E-state index contributed by atoms with van der Waals surface area (Å²) in [7, 11) is 1.86. The predicted octanol–water partition coefficient (Wildman–Crippen LogP) is 11.0. The lowest BCUT2D eigenvalue weighted by Crippen LogP contribution is -2.43. The Hall–Kier alpha value is -4.28. The SMILES string of the molecule is C=CCOc1cccc2c1CCN(Cc1ccc(Cl)cc1-c1cc(C(=O)N(c3ccc(O[Si](C)(C)C(C)(C)C)cc3)c3cnn(C)c3CCCCl)c(C)n1C)C2. The van der Waals surface area contributed by atoms with Gasteiger partial charge >= 0.3 is 0 Å². The molecule has 1 aliphatic heterocycles. The second kappa shape index (κ2) is 17.1. The summed E-state index contributed by atoms with van der Waals surface area (Å²) in [5, 5.41) is 5.31. The highest BCUT2D eigenvalue weighted by molar-refractivity contribution is 6.74. The molecule has 0 radical (unpaired) electrons. The molecule has 0 atom stereocenters. The molecule has 1 aliphatic rings. The van der Waals surface area contributed by atoms with Crippen LogP contribution in [0.2, 0.25) is 23.2 Å². The van der Waals surface area contributed by atoms with Crippen molar-refractivity contribution in [2.24, 2.45) is 14.1 Å². The standard InChI is InChI=1S/C45H55Cl2N5O3Si/c1-10-25-54-43-15-11-13-32-29-51(24-22-37(32)43)30-33-16-17-34(47)26-39(33)41-27-38(31(2)49(41)6)44(53)52(42-28-48-50(7)40(42)14-12-23-46)35-18-20-36(21-19-35)55-56(8,9)45(3,4)5/h10-11,13,15-21,26-28H,1,12,14,22-25,29-30H2,2-9H3. The Morgan fingerprint density at radius 1 is 1.07 bits per heavy atom. The van der Waals surface area contributed by atoms with E-state index < -0.39 is 8.32 Å². The average Bonchev–Trinajstić information content (AvgIpc) is 3.67. The molecule has 3 aromatic carbocycles. The maximum atomic E-state index is 15.1. The zero-order valence-electron chi connectivity index (χ0n) is 34.1. The number of amides is 1. The van der Waals surface area contributed by atoms with E-state index in [2.05, 4.69) is 73.2 Å². The number of aryl methyl sites for hydroxylation is 1. The van der Waals surface area contributed by atoms with Gasteiger partial charge in [0.2, 0.25) is 8.32 Å². The Kier molecular flexibility index (Phi) is 12.6. The number of carbonyl (C=O) groups excluding carboxylic acids is 1. The first-order chi connectivity index (χ1) is 26.6. The molecular weight excluding hydrogens is 758 g/mol. The van der Waals surface area contributed by atoms with Gasteiger partial charge < -0.3 is 13.7 Å². The number of carbonyl (C=O) groups is 1. The minimum atomic E-state index is -2.07. The molecule has 8 nitrogen and oxygen atoms in total. The minimum Gasteiger partial charge on any atom is -0.544 e. The number of anilines is 2. The molecule has 0 unspecified atom stereocenters. The van der Waals surface area contributed by atoms with Crippen molar-refractivity contribution in [1.82, 2.24) is 19.2 Å². The maximum absolute atomic E-state index is 15.1. The third-order valence-electron chi connectivity index (χ3n) is 11.5. The molecular formula is C45H55Cl2N5O3Si. The fraction of sp³-hybridized carbons (Fsp3) is 0.378. The largest absolute Gasteiger partial charge is 0.544 e. The van der Waals surface area contributed by atoms with E-state index in [-0.39, 0.29) is 10.9 Å². The Labute approximate surface area is 343 Å². The van der Waals surface area contributed by atoms with Crippen LogP contribution in [0.25, 0.3) is 11.3 Å². The summed E-state index contributed by atoms with van der Waals surface area (Å²) >= 11 is 12.9. The Balaban J connectivity index is 1.35. The van der Waals surface area contributed by atoms with Crippen molar-refractivity contribution < 1.29 is 14.0 Å². The molecule has 0 bridgehead atoms. The number of alkyl halides is 1. The van der Waals surface area contributed by atoms with Crippen LogP contribution in [-0.2, 0) is 40.0 Å². The number of benzene rings is 3. The highest BCUT2D eigenvalue weighted by Gasteiger charge is 2.39. The minimum absolute atomic E-state index is 0.0516. The van der Waals surface area contributed by atoms with Crippen molar-refractivity contribution in [2.45, 2.75) is 78.2 Å². The van der Waals surface area contributed by atoms with E-state index in [1.54, 1.807) is 17.2 Å². The van der Waals surface area contributed by atoms with E-state index in [1.165, 1.54) is 11.1 Å². The molecule has 0 N–H and O–H groups in total. The first kappa shape index (κ1) is 41.4. The molecule has 0 spiro atoms. The smallest absolute Gasteiger partial charge is 0.264 e. The van der Waals surface area contributed by atoms with Gasteiger partial charge in [0.1, 0.15) is 18.1 Å². The Bertz CT molecular complexity index is 2200. The summed E-state index contributed by atoms with van der Waals surface area (Å²) in [4.78, 5) is 19.3. The van der Waals surface area contributed by atoms with Crippen LogP contribution in [0, 0.1) is 6.92 Å². The molecule has 6 rings (SSSR count). The molecule has 0 saturated carbocycles. The number of ether oxygens (including phenoxy) is 1. The summed E-state index contributed by atoms with van der Waals surface area (Å²) in [5.41, 5.74) is 9.46. The molecule has 0 saturated heterocycles. The lowest BCUT2D eigenvalue weighted by atomic mass is 9.97. The van der Waals surface area contributed by atoms with E-state index in [0.717, 1.165) is 83.6 Å². The van der Waals surface area contributed by atoms with Crippen molar-refractivity contribution in [3.05, 3.63) is 124 Å². The van der Waals surface area contributed by atoms with Crippen LogP contribution in [0.3, 0.4) is 0 Å². The lowest BCUT2D eigenvalue weighted by molar-refractivity contribution is 0.0998. The van der Waals surface area contributed by atoms with Gasteiger partial charge in [0.25, 0.3) is 5.91 Å². The number of fused-ring (bicyclic) bond motifs is 1. The van der Waals surface area contributed by atoms with Gasteiger partial charge in [-0.3, -0.25) is 19.3 Å². The number of halogens is 2. The summed E-state index contributed by atoms with van der Waals surface area (Å²) in [6.07, 6.45) is 5.89. The van der Waals surface area contributed by atoms with Crippen LogP contribution >= 0.6 is 23.2 Å². The van der Waals surface area contributed by atoms with Gasteiger partial charge in [-0.05, 0) is 110 Å². The Morgan fingerprint density at radius 2 is 1.82 bits per heavy atom. The van der Waals surface area contributed by atoms with Gasteiger partial charge in [0.15, 0.2) is 0 Å². The van der Waals surface area contributed by atoms with Crippen molar-refractivity contribution >= 4 is 48.8 Å². The number of nitrogens with zero attached hydrogens (tertiary/aromatic N) is 5. The monoisotopic (exact) mass is 811 g/mol. The van der Waals surface area contributed by atoms with Crippen molar-refractivity contribution in [1.29, 1.82) is 0 Å². The van der Waals surface area contributed by atoms with E-state index in [4.69, 9.17) is 32.4 Å². The first-order valence-electron chi connectivity index (χ1n) is 19.4. The van der Waals surface area contributed by atoms with Crippen molar-refractivity contribution in [3.63, 3.8) is 0 Å². The molecule has 0 fully saturated rings. The highest BCUT2D eigenvalue weighted by atomic mass is 35.5. The van der Waals surface area contributed by atoms with E-state index in [9.17, 15) is 0 Å². The Morgan fingerprint density at radius 3 is 2.52 bits per heavy atom. The van der Waals surface area contributed by atoms with Crippen LogP contribution in [-0.4, -0.2) is 52.5 Å². The molecule has 11 heteroatoms. The van der Waals surface area contributed by atoms with Crippen molar-refractivity contribution in [3.8, 4) is 22.8 Å². The lowest BCUT2D eigenvalue weighted by Gasteiger charge is -2.36. The number of hydrogen-bond acceptors (Lipinski definition) is 5. The molecule has 3 heterocycles. The molecule has 2 aromatic heterocycles. The molecule has 1 amide bonds. The summed E-state index contributed by atoms with van der Waals surface area (Å²) < 4.78 is 16.5. The van der Waals surface area contributed by atoms with Crippen LogP contribution in [0.5, 0.6) is 11.5 Å². The van der Waals surface area contributed by atoms with Crippen LogP contribution < -0.4 is 14.1 Å². The molecule has 5 aromatic rings. The van der Waals surface area contributed by atoms with Gasteiger partial charge in [-0.1, -0.05) is 63.2 Å². The summed E-state index contributed by atoms with van der Waals surface area (Å²) in [5.74, 6) is 2.10. The fourth-order valence-corrected chi connectivity index (χ4v) is 8.49. The zero-order chi connectivity index (χ0) is 40.4. The van der Waals surface area contributed by atoms with Crippen LogP contribution in [0.1, 0.15) is 65.6 Å². The quantitative estimate of drug-likeness (QED) is 0.0635. The summed E-state index contributed by atoms with van der Waals surface area (Å²) in [6, 6.07) is 22.3. The van der Waals surface area contributed by atoms with E-state index >= 15 is 4.79 Å². The number of rotatable bonds is 14. The van der Waals surface area contributed by atoms with Crippen LogP contribution in [0.15, 0.2) is 85.6 Å². The van der Waals surface area contributed by atoms with Crippen LogP contribution in [0.4, 0.5) is 11.4 Å². The second-order valence-corrected chi connectivity index (χ2v) is 21.8. The van der Waals surface area contributed by atoms with Gasteiger partial charge in [-0.25, -0.2) is 0 Å². The second-order valence-electron chi connectivity index (χ2n) is 16.2. The number of hydrogen-bond donors (Lipinski definition) is 0. The predicted molar refractivity (Wildman–Crippen MR) is 234 cm³/mol. The first-order valence-corrected chi connectivity index (χ1v) is 23.2. The fourth-order valence-electron chi connectivity index (χ4n) is 7.15. The van der Waals surface area contributed by atoms with Gasteiger partial charge in [-0.2, -0.15) is 5.10 Å². The third kappa shape index (κ3) is 8.66. The average molecular weight is 813 g/mol. The van der Waals surface area contributed by atoms with Crippen molar-refractivity contribution in [2.75, 3.05) is 23.9 Å². The molecule has 0 aliphatic carbocycles. The van der Waals surface area contributed by atoms with E-state index in [0.29, 0.717) is 29.5 Å².